The van der Waals surface area contributed by atoms with Crippen LogP contribution in [0.3, 0.4) is 0 Å². The van der Waals surface area contributed by atoms with Crippen LogP contribution in [0.5, 0.6) is 0 Å². The minimum atomic E-state index is -0.392. The normalized spacial score (nSPS) is 11.7. The second kappa shape index (κ2) is 9.07. The van der Waals surface area contributed by atoms with Gasteiger partial charge in [0, 0.05) is 50.7 Å². The summed E-state index contributed by atoms with van der Waals surface area (Å²) in [5.74, 6) is 0. The lowest BCUT2D eigenvalue weighted by Crippen LogP contribution is -2.31. The fraction of sp³-hybridized carbons (Fsp3) is 0.179. The van der Waals surface area contributed by atoms with Gasteiger partial charge >= 0.3 is 0 Å². The SMILES string of the molecule is Cc1cc2c(c(=O)n1C(C)C)c(=O)n(C)c1nc(-c3ccc(Cl)cc3Cl)c(-c3ccc(Cl)cc3)cc21. The molecule has 3 aromatic heterocycles. The Bertz CT molecular complexity index is 1800. The molecule has 0 atom stereocenters. The van der Waals surface area contributed by atoms with Crippen molar-refractivity contribution in [2.24, 2.45) is 7.05 Å². The van der Waals surface area contributed by atoms with Crippen LogP contribution in [0.25, 0.3) is 44.2 Å². The van der Waals surface area contributed by atoms with Crippen LogP contribution in [0.15, 0.2) is 64.2 Å². The van der Waals surface area contributed by atoms with Gasteiger partial charge in [-0.3, -0.25) is 14.2 Å². The largest absolute Gasteiger partial charge is 0.310 e. The van der Waals surface area contributed by atoms with Crippen molar-refractivity contribution in [2.75, 3.05) is 0 Å². The summed E-state index contributed by atoms with van der Waals surface area (Å²) in [5, 5.41) is 2.96. The molecule has 5 nitrogen and oxygen atoms in total. The number of hydrogen-bond donors (Lipinski definition) is 0. The molecule has 5 rings (SSSR count). The van der Waals surface area contributed by atoms with E-state index in [0.717, 1.165) is 16.8 Å². The zero-order valence-electron chi connectivity index (χ0n) is 20.1. The first-order valence-electron chi connectivity index (χ1n) is 11.4. The first kappa shape index (κ1) is 24.6. The third-order valence-corrected chi connectivity index (χ3v) is 7.22. The van der Waals surface area contributed by atoms with Crippen LogP contribution in [-0.2, 0) is 7.05 Å². The standard InChI is InChI=1S/C28H22Cl3N3O2/c1-14(2)34-15(3)11-21-22-13-20(16-5-7-17(29)8-6-16)25(19-10-9-18(30)12-23(19)31)32-26(22)33(4)27(35)24(21)28(34)36/h5-14H,1-4H3. The number of hydrogen-bond acceptors (Lipinski definition) is 3. The second-order valence-corrected chi connectivity index (χ2v) is 10.4. The van der Waals surface area contributed by atoms with Gasteiger partial charge in [-0.15, -0.1) is 0 Å². The first-order chi connectivity index (χ1) is 17.1. The number of rotatable bonds is 3. The van der Waals surface area contributed by atoms with Crippen molar-refractivity contribution >= 4 is 56.6 Å². The predicted molar refractivity (Wildman–Crippen MR) is 150 cm³/mol. The third kappa shape index (κ3) is 3.92. The Balaban J connectivity index is 1.99. The van der Waals surface area contributed by atoms with Gasteiger partial charge in [0.1, 0.15) is 11.0 Å². The van der Waals surface area contributed by atoms with Gasteiger partial charge in [0.05, 0.1) is 10.7 Å². The summed E-state index contributed by atoms with van der Waals surface area (Å²) < 4.78 is 3.07. The van der Waals surface area contributed by atoms with Crippen LogP contribution in [0.4, 0.5) is 0 Å². The van der Waals surface area contributed by atoms with E-state index >= 15 is 0 Å². The fourth-order valence-corrected chi connectivity index (χ4v) is 5.39. The summed E-state index contributed by atoms with van der Waals surface area (Å²) in [6.07, 6.45) is 0. The molecule has 182 valence electrons. The van der Waals surface area contributed by atoms with Crippen LogP contribution in [-0.4, -0.2) is 14.1 Å². The second-order valence-electron chi connectivity index (χ2n) is 9.09. The highest BCUT2D eigenvalue weighted by Crippen LogP contribution is 2.39. The van der Waals surface area contributed by atoms with Gasteiger partial charge in [0.15, 0.2) is 0 Å². The van der Waals surface area contributed by atoms with Gasteiger partial charge < -0.3 is 4.57 Å². The lowest BCUT2D eigenvalue weighted by Gasteiger charge is -2.18. The highest BCUT2D eigenvalue weighted by atomic mass is 35.5. The number of fused-ring (bicyclic) bond motifs is 3. The van der Waals surface area contributed by atoms with Crippen molar-refractivity contribution in [1.29, 1.82) is 0 Å². The molecule has 3 heterocycles. The molecular weight excluding hydrogens is 517 g/mol. The van der Waals surface area contributed by atoms with Crippen LogP contribution in [0.2, 0.25) is 15.1 Å². The summed E-state index contributed by atoms with van der Waals surface area (Å²) in [7, 11) is 1.63. The van der Waals surface area contributed by atoms with Crippen molar-refractivity contribution in [3.8, 4) is 22.4 Å². The summed E-state index contributed by atoms with van der Waals surface area (Å²) >= 11 is 18.9. The van der Waals surface area contributed by atoms with Crippen molar-refractivity contribution in [1.82, 2.24) is 14.1 Å². The number of aromatic nitrogens is 3. The minimum absolute atomic E-state index is 0.0838. The molecule has 0 spiro atoms. The number of nitrogens with zero attached hydrogens (tertiary/aromatic N) is 3. The Morgan fingerprint density at radius 3 is 2.11 bits per heavy atom. The average molecular weight is 539 g/mol. The number of halogens is 3. The molecule has 0 amide bonds. The van der Waals surface area contributed by atoms with Gasteiger partial charge in [0.2, 0.25) is 0 Å². The van der Waals surface area contributed by atoms with Crippen molar-refractivity contribution < 1.29 is 0 Å². The summed E-state index contributed by atoms with van der Waals surface area (Å²) in [6, 6.07) is 16.4. The lowest BCUT2D eigenvalue weighted by atomic mass is 9.96. The average Bonchev–Trinajstić information content (AvgIpc) is 2.82. The van der Waals surface area contributed by atoms with Gasteiger partial charge in [0.25, 0.3) is 11.1 Å². The van der Waals surface area contributed by atoms with Gasteiger partial charge in [-0.2, -0.15) is 0 Å². The Hall–Kier alpha value is -3.12. The summed E-state index contributed by atoms with van der Waals surface area (Å²) in [4.78, 5) is 31.9. The molecule has 8 heteroatoms. The van der Waals surface area contributed by atoms with Crippen molar-refractivity contribution in [3.63, 3.8) is 0 Å². The molecule has 2 aromatic carbocycles. The first-order valence-corrected chi connectivity index (χ1v) is 12.5. The monoisotopic (exact) mass is 537 g/mol. The van der Waals surface area contributed by atoms with E-state index in [1.165, 1.54) is 4.57 Å². The molecule has 0 fully saturated rings. The highest BCUT2D eigenvalue weighted by molar-refractivity contribution is 6.36. The molecule has 0 unspecified atom stereocenters. The van der Waals surface area contributed by atoms with Crippen LogP contribution in [0.1, 0.15) is 25.6 Å². The predicted octanol–water partition coefficient (Wildman–Crippen LogP) is 7.43. The topological polar surface area (TPSA) is 56.9 Å². The molecule has 36 heavy (non-hydrogen) atoms. The van der Waals surface area contributed by atoms with E-state index < -0.39 is 5.56 Å². The maximum absolute atomic E-state index is 13.5. The van der Waals surface area contributed by atoms with Gasteiger partial charge in [-0.05, 0) is 68.8 Å². The Morgan fingerprint density at radius 1 is 0.806 bits per heavy atom. The summed E-state index contributed by atoms with van der Waals surface area (Å²) in [5.41, 5.74) is 3.44. The van der Waals surface area contributed by atoms with Crippen LogP contribution >= 0.6 is 34.8 Å². The van der Waals surface area contributed by atoms with Crippen LogP contribution < -0.4 is 11.1 Å². The van der Waals surface area contributed by atoms with E-state index in [9.17, 15) is 9.59 Å². The van der Waals surface area contributed by atoms with E-state index in [1.54, 1.807) is 35.9 Å². The molecule has 0 aliphatic carbocycles. The number of pyridine rings is 3. The van der Waals surface area contributed by atoms with E-state index in [4.69, 9.17) is 39.8 Å². The smallest absolute Gasteiger partial charge is 0.265 e. The molecule has 0 aliphatic heterocycles. The number of benzene rings is 2. The van der Waals surface area contributed by atoms with E-state index in [1.807, 2.05) is 51.1 Å². The quantitative estimate of drug-likeness (QED) is 0.224. The highest BCUT2D eigenvalue weighted by Gasteiger charge is 2.21. The van der Waals surface area contributed by atoms with Crippen molar-refractivity contribution in [2.45, 2.75) is 26.8 Å². The Kier molecular flexibility index (Phi) is 6.19. The number of aryl methyl sites for hydroxylation is 2. The molecule has 0 N–H and O–H groups in total. The van der Waals surface area contributed by atoms with Gasteiger partial charge in [-0.25, -0.2) is 4.98 Å². The zero-order valence-corrected chi connectivity index (χ0v) is 22.3. The lowest BCUT2D eigenvalue weighted by molar-refractivity contribution is 0.566. The van der Waals surface area contributed by atoms with E-state index in [-0.39, 0.29) is 17.0 Å². The maximum Gasteiger partial charge on any atom is 0.265 e. The molecule has 0 radical (unpaired) electrons. The maximum atomic E-state index is 13.5. The molecule has 0 bridgehead atoms. The minimum Gasteiger partial charge on any atom is -0.310 e. The summed E-state index contributed by atoms with van der Waals surface area (Å²) in [6.45, 7) is 5.72. The molecule has 0 saturated carbocycles. The molecule has 0 aliphatic rings. The zero-order chi connectivity index (χ0) is 25.9. The van der Waals surface area contributed by atoms with Gasteiger partial charge in [-0.1, -0.05) is 46.9 Å². The van der Waals surface area contributed by atoms with Crippen LogP contribution in [0, 0.1) is 6.92 Å². The van der Waals surface area contributed by atoms with Crippen molar-refractivity contribution in [3.05, 3.63) is 96.1 Å². The molecule has 5 aromatic rings. The van der Waals surface area contributed by atoms with E-state index in [2.05, 4.69) is 0 Å². The molecular formula is C28H22Cl3N3O2. The Labute approximate surface area is 222 Å². The molecule has 0 saturated heterocycles. The van der Waals surface area contributed by atoms with E-state index in [0.29, 0.717) is 42.7 Å². The fourth-order valence-electron chi connectivity index (χ4n) is 4.77. The Morgan fingerprint density at radius 2 is 1.47 bits per heavy atom. The third-order valence-electron chi connectivity index (χ3n) is 6.42.